The molecule has 1 N–H and O–H groups in total. The number of para-hydroxylation sites is 1. The predicted octanol–water partition coefficient (Wildman–Crippen LogP) is 6.56. The average Bonchev–Trinajstić information content (AvgIpc) is 3.39. The molecule has 1 atom stereocenters. The Bertz CT molecular complexity index is 1080. The topological polar surface area (TPSA) is 76.6 Å². The van der Waals surface area contributed by atoms with E-state index in [-0.39, 0.29) is 12.0 Å². The third kappa shape index (κ3) is 5.77. The highest BCUT2D eigenvalue weighted by molar-refractivity contribution is 9.10. The second-order valence-corrected chi connectivity index (χ2v) is 10.3. The molecule has 1 amide bonds. The number of carbonyl (C=O) groups excluding carboxylic acids is 1. The van der Waals surface area contributed by atoms with Gasteiger partial charge in [-0.15, -0.1) is 11.3 Å². The lowest BCUT2D eigenvalue weighted by Gasteiger charge is -2.24. The van der Waals surface area contributed by atoms with Crippen LogP contribution in [0.3, 0.4) is 0 Å². The third-order valence-corrected chi connectivity index (χ3v) is 6.01. The molecule has 0 radical (unpaired) electrons. The minimum atomic E-state index is -0.496. The number of likely N-dealkylation sites (tertiary alicyclic amines) is 1. The highest BCUT2D eigenvalue weighted by Gasteiger charge is 2.31. The molecule has 168 valence electrons. The van der Waals surface area contributed by atoms with E-state index in [0.717, 1.165) is 27.5 Å². The number of amides is 1. The normalized spacial score (nSPS) is 16.1. The molecule has 4 rings (SSSR count). The largest absolute Gasteiger partial charge is 0.453 e. The molecular formula is C23H25BrN4O3S. The van der Waals surface area contributed by atoms with E-state index in [4.69, 9.17) is 14.5 Å². The molecule has 1 fully saturated rings. The smallest absolute Gasteiger partial charge is 0.410 e. The Balaban J connectivity index is 1.44. The van der Waals surface area contributed by atoms with Gasteiger partial charge in [0.15, 0.2) is 16.7 Å². The van der Waals surface area contributed by atoms with Gasteiger partial charge in [-0.05, 0) is 55.3 Å². The first-order valence-electron chi connectivity index (χ1n) is 10.4. The quantitative estimate of drug-likeness (QED) is 0.413. The van der Waals surface area contributed by atoms with E-state index in [1.165, 1.54) is 11.3 Å². The van der Waals surface area contributed by atoms with Crippen LogP contribution in [-0.4, -0.2) is 39.7 Å². The van der Waals surface area contributed by atoms with Gasteiger partial charge in [-0.1, -0.05) is 18.2 Å². The molecular weight excluding hydrogens is 492 g/mol. The summed E-state index contributed by atoms with van der Waals surface area (Å²) >= 11 is 4.96. The van der Waals surface area contributed by atoms with Crippen LogP contribution in [0.5, 0.6) is 11.5 Å². The van der Waals surface area contributed by atoms with Crippen LogP contribution in [0.1, 0.15) is 38.8 Å². The second kappa shape index (κ2) is 9.46. The first-order chi connectivity index (χ1) is 15.3. The number of benzene rings is 1. The van der Waals surface area contributed by atoms with Crippen molar-refractivity contribution in [2.45, 2.75) is 38.7 Å². The molecule has 32 heavy (non-hydrogen) atoms. The minimum Gasteiger partial charge on any atom is -0.453 e. The molecule has 1 aliphatic heterocycles. The van der Waals surface area contributed by atoms with Gasteiger partial charge in [0, 0.05) is 41.1 Å². The summed E-state index contributed by atoms with van der Waals surface area (Å²) in [5.41, 5.74) is 0.468. The molecule has 7 nitrogen and oxygen atoms in total. The van der Waals surface area contributed by atoms with Crippen LogP contribution in [-0.2, 0) is 4.74 Å². The summed E-state index contributed by atoms with van der Waals surface area (Å²) in [7, 11) is 0. The minimum absolute atomic E-state index is 0.187. The number of aromatic nitrogens is 2. The molecule has 0 spiro atoms. The van der Waals surface area contributed by atoms with Crippen LogP contribution in [0.15, 0.2) is 52.4 Å². The Morgan fingerprint density at radius 1 is 1.28 bits per heavy atom. The number of hydrogen-bond acceptors (Lipinski definition) is 7. The summed E-state index contributed by atoms with van der Waals surface area (Å²) in [5, 5.41) is 6.03. The van der Waals surface area contributed by atoms with Crippen molar-refractivity contribution in [3.05, 3.63) is 58.1 Å². The van der Waals surface area contributed by atoms with Gasteiger partial charge in [0.2, 0.25) is 0 Å². The maximum Gasteiger partial charge on any atom is 0.410 e. The Hall–Kier alpha value is -2.65. The van der Waals surface area contributed by atoms with Gasteiger partial charge in [-0.2, -0.15) is 0 Å². The zero-order chi connectivity index (χ0) is 22.7. The summed E-state index contributed by atoms with van der Waals surface area (Å²) in [5.74, 6) is 2.09. The van der Waals surface area contributed by atoms with Crippen molar-refractivity contribution < 1.29 is 14.3 Å². The Labute approximate surface area is 199 Å². The lowest BCUT2D eigenvalue weighted by atomic mass is 10.1. The fourth-order valence-corrected chi connectivity index (χ4v) is 4.44. The maximum atomic E-state index is 12.3. The predicted molar refractivity (Wildman–Crippen MR) is 129 cm³/mol. The number of nitrogens with one attached hydrogen (secondary N) is 1. The molecule has 3 aromatic rings. The maximum absolute atomic E-state index is 12.3. The molecule has 1 unspecified atom stereocenters. The molecule has 9 heteroatoms. The third-order valence-electron chi connectivity index (χ3n) is 4.80. The number of carbonyl (C=O) groups is 1. The van der Waals surface area contributed by atoms with E-state index < -0.39 is 5.60 Å². The SMILES string of the molecule is CC(C)(C)OC(=O)N1CCC(c2csc(Nc3ncc(Br)cc3Oc3ccccc3)n2)C1. The molecule has 3 heterocycles. The number of thiazole rings is 1. The van der Waals surface area contributed by atoms with Gasteiger partial charge in [-0.3, -0.25) is 0 Å². The highest BCUT2D eigenvalue weighted by Crippen LogP contribution is 2.35. The van der Waals surface area contributed by atoms with Gasteiger partial charge < -0.3 is 19.7 Å². The van der Waals surface area contributed by atoms with E-state index >= 15 is 0 Å². The number of hydrogen-bond donors (Lipinski definition) is 1. The fraction of sp³-hybridized carbons (Fsp3) is 0.348. The van der Waals surface area contributed by atoms with Crippen LogP contribution in [0.25, 0.3) is 0 Å². The highest BCUT2D eigenvalue weighted by atomic mass is 79.9. The van der Waals surface area contributed by atoms with Crippen molar-refractivity contribution in [1.29, 1.82) is 0 Å². The van der Waals surface area contributed by atoms with Gasteiger partial charge in [0.25, 0.3) is 0 Å². The first kappa shape index (κ1) is 22.5. The van der Waals surface area contributed by atoms with Crippen molar-refractivity contribution in [3.8, 4) is 11.5 Å². The molecule has 1 aromatic carbocycles. The summed E-state index contributed by atoms with van der Waals surface area (Å²) < 4.78 is 12.3. The van der Waals surface area contributed by atoms with Gasteiger partial charge in [0.1, 0.15) is 11.4 Å². The summed E-state index contributed by atoms with van der Waals surface area (Å²) in [6.07, 6.45) is 2.31. The molecule has 0 aliphatic carbocycles. The van der Waals surface area contributed by atoms with E-state index in [1.807, 2.05) is 62.5 Å². The molecule has 0 saturated carbocycles. The number of ether oxygens (including phenoxy) is 2. The van der Waals surface area contributed by atoms with E-state index in [0.29, 0.717) is 24.7 Å². The van der Waals surface area contributed by atoms with E-state index in [9.17, 15) is 4.79 Å². The van der Waals surface area contributed by atoms with Crippen molar-refractivity contribution in [1.82, 2.24) is 14.9 Å². The number of rotatable bonds is 5. The zero-order valence-electron chi connectivity index (χ0n) is 18.2. The van der Waals surface area contributed by atoms with Crippen LogP contribution in [0, 0.1) is 0 Å². The lowest BCUT2D eigenvalue weighted by Crippen LogP contribution is -2.35. The first-order valence-corrected chi connectivity index (χ1v) is 12.0. The van der Waals surface area contributed by atoms with Crippen molar-refractivity contribution in [2.75, 3.05) is 18.4 Å². The Morgan fingerprint density at radius 3 is 2.81 bits per heavy atom. The van der Waals surface area contributed by atoms with Crippen molar-refractivity contribution in [2.24, 2.45) is 0 Å². The summed E-state index contributed by atoms with van der Waals surface area (Å²) in [4.78, 5) is 23.3. The summed E-state index contributed by atoms with van der Waals surface area (Å²) in [6.45, 7) is 6.91. The van der Waals surface area contributed by atoms with Crippen LogP contribution >= 0.6 is 27.3 Å². The lowest BCUT2D eigenvalue weighted by molar-refractivity contribution is 0.0292. The zero-order valence-corrected chi connectivity index (χ0v) is 20.6. The second-order valence-electron chi connectivity index (χ2n) is 8.53. The number of pyridine rings is 1. The van der Waals surface area contributed by atoms with Crippen molar-refractivity contribution in [3.63, 3.8) is 0 Å². The molecule has 1 aliphatic rings. The van der Waals surface area contributed by atoms with Crippen LogP contribution in [0.2, 0.25) is 0 Å². The number of anilines is 2. The van der Waals surface area contributed by atoms with Gasteiger partial charge >= 0.3 is 6.09 Å². The Kier molecular flexibility index (Phi) is 6.66. The Morgan fingerprint density at radius 2 is 2.06 bits per heavy atom. The standard InChI is InChI=1S/C23H25BrN4O3S/c1-23(2,3)31-22(29)28-10-9-15(13-28)18-14-32-21(26-18)27-20-19(11-16(24)12-25-20)30-17-7-5-4-6-8-17/h4-8,11-12,14-15H,9-10,13H2,1-3H3,(H,25,26,27). The van der Waals surface area contributed by atoms with E-state index in [1.54, 1.807) is 11.1 Å². The molecule has 0 bridgehead atoms. The average molecular weight is 517 g/mol. The summed E-state index contributed by atoms with van der Waals surface area (Å²) in [6, 6.07) is 11.4. The van der Waals surface area contributed by atoms with Gasteiger partial charge in [0.05, 0.1) is 5.69 Å². The fourth-order valence-electron chi connectivity index (χ4n) is 3.33. The monoisotopic (exact) mass is 516 g/mol. The van der Waals surface area contributed by atoms with E-state index in [2.05, 4.69) is 26.2 Å². The van der Waals surface area contributed by atoms with Crippen LogP contribution in [0.4, 0.5) is 15.7 Å². The van der Waals surface area contributed by atoms with Crippen molar-refractivity contribution >= 4 is 44.3 Å². The van der Waals surface area contributed by atoms with Crippen LogP contribution < -0.4 is 10.1 Å². The van der Waals surface area contributed by atoms with Gasteiger partial charge in [-0.25, -0.2) is 14.8 Å². The molecule has 2 aromatic heterocycles. The molecule has 1 saturated heterocycles. The number of nitrogens with zero attached hydrogens (tertiary/aromatic N) is 3. The number of halogens is 1.